The predicted octanol–water partition coefficient (Wildman–Crippen LogP) is 4.52. The van der Waals surface area contributed by atoms with Crippen molar-refractivity contribution in [1.82, 2.24) is 0 Å². The van der Waals surface area contributed by atoms with Gasteiger partial charge in [0.25, 0.3) is 0 Å². The first kappa shape index (κ1) is 18.7. The molecular weight excluding hydrogens is 400 g/mol. The molecule has 1 aromatic heterocycles. The van der Waals surface area contributed by atoms with E-state index < -0.39 is 5.92 Å². The van der Waals surface area contributed by atoms with Gasteiger partial charge in [0.05, 0.1) is 12.0 Å². The Morgan fingerprint density at radius 1 is 1.10 bits per heavy atom. The quantitative estimate of drug-likeness (QED) is 0.674. The number of thiophene rings is 1. The summed E-state index contributed by atoms with van der Waals surface area (Å²) >= 11 is 1.56. The third-order valence-electron chi connectivity index (χ3n) is 5.45. The van der Waals surface area contributed by atoms with Crippen molar-refractivity contribution in [3.63, 3.8) is 0 Å². The summed E-state index contributed by atoms with van der Waals surface area (Å²) in [7, 11) is 0. The standard InChI is InChI=1S/C23H20N2O4S/c1-14-4-7-16(8-5-14)25-21(26)12-17(22(25)20-3-2-10-30-20)23(27)24-15-6-9-18-19(11-15)29-13-28-18/h2-11,17,22H,12-13H2,1H3,(H,24,27). The lowest BCUT2D eigenvalue weighted by atomic mass is 9.97. The van der Waals surface area contributed by atoms with Crippen molar-refractivity contribution in [3.05, 3.63) is 70.4 Å². The van der Waals surface area contributed by atoms with Gasteiger partial charge in [-0.1, -0.05) is 23.8 Å². The summed E-state index contributed by atoms with van der Waals surface area (Å²) in [6, 6.07) is 16.7. The average molecular weight is 420 g/mol. The zero-order valence-electron chi connectivity index (χ0n) is 16.3. The monoisotopic (exact) mass is 420 g/mol. The molecule has 2 amide bonds. The van der Waals surface area contributed by atoms with Crippen LogP contribution in [0.3, 0.4) is 0 Å². The summed E-state index contributed by atoms with van der Waals surface area (Å²) in [5, 5.41) is 4.93. The van der Waals surface area contributed by atoms with E-state index in [4.69, 9.17) is 9.47 Å². The fourth-order valence-electron chi connectivity index (χ4n) is 3.97. The van der Waals surface area contributed by atoms with Crippen LogP contribution >= 0.6 is 11.3 Å². The zero-order valence-corrected chi connectivity index (χ0v) is 17.1. The van der Waals surface area contributed by atoms with Crippen molar-refractivity contribution in [2.45, 2.75) is 19.4 Å². The number of nitrogens with zero attached hydrogens (tertiary/aromatic N) is 1. The predicted molar refractivity (Wildman–Crippen MR) is 115 cm³/mol. The SMILES string of the molecule is Cc1ccc(N2C(=O)CC(C(=O)Nc3ccc4c(c3)OCO4)C2c2cccs2)cc1. The number of rotatable bonds is 4. The van der Waals surface area contributed by atoms with Crippen LogP contribution in [0.1, 0.15) is 22.9 Å². The fourth-order valence-corrected chi connectivity index (χ4v) is 4.85. The number of nitrogens with one attached hydrogen (secondary N) is 1. The van der Waals surface area contributed by atoms with Crippen molar-refractivity contribution in [3.8, 4) is 11.5 Å². The molecule has 2 unspecified atom stereocenters. The van der Waals surface area contributed by atoms with E-state index in [9.17, 15) is 9.59 Å². The van der Waals surface area contributed by atoms with Gasteiger partial charge in [-0.15, -0.1) is 11.3 Å². The van der Waals surface area contributed by atoms with Crippen LogP contribution in [-0.2, 0) is 9.59 Å². The number of carbonyl (C=O) groups excluding carboxylic acids is 2. The molecule has 1 N–H and O–H groups in total. The van der Waals surface area contributed by atoms with E-state index >= 15 is 0 Å². The summed E-state index contributed by atoms with van der Waals surface area (Å²) in [6.07, 6.45) is 0.160. The van der Waals surface area contributed by atoms with Crippen LogP contribution in [0.25, 0.3) is 0 Å². The smallest absolute Gasteiger partial charge is 0.231 e. The van der Waals surface area contributed by atoms with Crippen LogP contribution in [0.5, 0.6) is 11.5 Å². The Kier molecular flexibility index (Phi) is 4.67. The summed E-state index contributed by atoms with van der Waals surface area (Å²) < 4.78 is 10.7. The number of ether oxygens (including phenoxy) is 2. The van der Waals surface area contributed by atoms with Gasteiger partial charge < -0.3 is 19.7 Å². The van der Waals surface area contributed by atoms with Crippen molar-refractivity contribution >= 4 is 34.5 Å². The lowest BCUT2D eigenvalue weighted by Crippen LogP contribution is -2.31. The molecule has 0 aliphatic carbocycles. The van der Waals surface area contributed by atoms with Gasteiger partial charge >= 0.3 is 0 Å². The van der Waals surface area contributed by atoms with Gasteiger partial charge in [-0.25, -0.2) is 0 Å². The molecule has 30 heavy (non-hydrogen) atoms. The second-order valence-electron chi connectivity index (χ2n) is 7.43. The maximum Gasteiger partial charge on any atom is 0.231 e. The lowest BCUT2D eigenvalue weighted by Gasteiger charge is -2.27. The molecule has 152 valence electrons. The molecule has 2 atom stereocenters. The van der Waals surface area contributed by atoms with E-state index in [1.165, 1.54) is 0 Å². The maximum absolute atomic E-state index is 13.2. The van der Waals surface area contributed by atoms with Crippen LogP contribution in [0.4, 0.5) is 11.4 Å². The molecule has 1 fully saturated rings. The van der Waals surface area contributed by atoms with Crippen molar-refractivity contribution < 1.29 is 19.1 Å². The molecule has 7 heteroatoms. The Labute approximate surface area is 178 Å². The van der Waals surface area contributed by atoms with Crippen molar-refractivity contribution in [2.75, 3.05) is 17.0 Å². The minimum absolute atomic E-state index is 0.0527. The van der Waals surface area contributed by atoms with E-state index in [-0.39, 0.29) is 31.1 Å². The Morgan fingerprint density at radius 3 is 2.67 bits per heavy atom. The van der Waals surface area contributed by atoms with Crippen molar-refractivity contribution in [1.29, 1.82) is 0 Å². The van der Waals surface area contributed by atoms with Crippen LogP contribution in [0, 0.1) is 12.8 Å². The molecular formula is C23H20N2O4S. The Balaban J connectivity index is 1.45. The second kappa shape index (κ2) is 7.50. The van der Waals surface area contributed by atoms with Gasteiger partial charge in [0.2, 0.25) is 18.6 Å². The molecule has 2 aliphatic heterocycles. The first-order valence-electron chi connectivity index (χ1n) is 9.73. The zero-order chi connectivity index (χ0) is 20.7. The van der Waals surface area contributed by atoms with Crippen LogP contribution in [0.2, 0.25) is 0 Å². The minimum atomic E-state index is -0.497. The Hall–Kier alpha value is -3.32. The third-order valence-corrected chi connectivity index (χ3v) is 6.39. The number of aryl methyl sites for hydroxylation is 1. The van der Waals surface area contributed by atoms with Gasteiger partial charge in [0, 0.05) is 28.7 Å². The molecule has 2 aromatic carbocycles. The first-order chi connectivity index (χ1) is 14.6. The van der Waals surface area contributed by atoms with Gasteiger partial charge in [-0.05, 0) is 42.6 Å². The number of amides is 2. The molecule has 2 aliphatic rings. The third kappa shape index (κ3) is 3.31. The summed E-state index contributed by atoms with van der Waals surface area (Å²) in [4.78, 5) is 29.0. The molecule has 0 saturated carbocycles. The number of benzene rings is 2. The highest BCUT2D eigenvalue weighted by Gasteiger charge is 2.45. The minimum Gasteiger partial charge on any atom is -0.454 e. The van der Waals surface area contributed by atoms with Crippen LogP contribution in [0.15, 0.2) is 60.0 Å². The summed E-state index contributed by atoms with van der Waals surface area (Å²) in [5.41, 5.74) is 2.55. The molecule has 3 heterocycles. The summed E-state index contributed by atoms with van der Waals surface area (Å²) in [5.74, 6) is 0.527. The van der Waals surface area contributed by atoms with E-state index in [1.807, 2.05) is 48.7 Å². The fraction of sp³-hybridized carbons (Fsp3) is 0.217. The van der Waals surface area contributed by atoms with E-state index in [1.54, 1.807) is 34.4 Å². The van der Waals surface area contributed by atoms with Crippen LogP contribution < -0.4 is 19.7 Å². The highest BCUT2D eigenvalue weighted by atomic mass is 32.1. The molecule has 3 aromatic rings. The van der Waals surface area contributed by atoms with E-state index in [0.29, 0.717) is 17.2 Å². The van der Waals surface area contributed by atoms with Crippen LogP contribution in [-0.4, -0.2) is 18.6 Å². The highest BCUT2D eigenvalue weighted by Crippen LogP contribution is 2.43. The Morgan fingerprint density at radius 2 is 1.90 bits per heavy atom. The average Bonchev–Trinajstić information content (AvgIpc) is 3.47. The molecule has 1 saturated heterocycles. The van der Waals surface area contributed by atoms with Crippen molar-refractivity contribution in [2.24, 2.45) is 5.92 Å². The number of fused-ring (bicyclic) bond motifs is 1. The molecule has 5 rings (SSSR count). The van der Waals surface area contributed by atoms with Gasteiger partial charge in [0.15, 0.2) is 11.5 Å². The number of anilines is 2. The van der Waals surface area contributed by atoms with E-state index in [0.717, 1.165) is 16.1 Å². The first-order valence-corrected chi connectivity index (χ1v) is 10.6. The summed E-state index contributed by atoms with van der Waals surface area (Å²) in [6.45, 7) is 2.18. The number of carbonyl (C=O) groups is 2. The number of hydrogen-bond acceptors (Lipinski definition) is 5. The molecule has 0 spiro atoms. The highest BCUT2D eigenvalue weighted by molar-refractivity contribution is 7.10. The maximum atomic E-state index is 13.2. The van der Waals surface area contributed by atoms with Gasteiger partial charge in [-0.2, -0.15) is 0 Å². The Bertz CT molecular complexity index is 1090. The molecule has 0 radical (unpaired) electrons. The lowest BCUT2D eigenvalue weighted by molar-refractivity contribution is -0.122. The normalized spacial score (nSPS) is 19.9. The topological polar surface area (TPSA) is 67.9 Å². The molecule has 0 bridgehead atoms. The second-order valence-corrected chi connectivity index (χ2v) is 8.41. The van der Waals surface area contributed by atoms with Gasteiger partial charge in [-0.3, -0.25) is 9.59 Å². The number of hydrogen-bond donors (Lipinski definition) is 1. The van der Waals surface area contributed by atoms with E-state index in [2.05, 4.69) is 5.32 Å². The largest absolute Gasteiger partial charge is 0.454 e. The van der Waals surface area contributed by atoms with Gasteiger partial charge in [0.1, 0.15) is 0 Å². The molecule has 6 nitrogen and oxygen atoms in total.